The molecule has 0 fully saturated rings. The number of halogens is 2. The van der Waals surface area contributed by atoms with Crippen LogP contribution in [-0.2, 0) is 10.3 Å². The Bertz CT molecular complexity index is 1740. The van der Waals surface area contributed by atoms with Gasteiger partial charge in [0.05, 0.1) is 28.7 Å². The first-order valence-electron chi connectivity index (χ1n) is 13.8. The number of hydrogen-bond acceptors (Lipinski definition) is 6. The zero-order valence-corrected chi connectivity index (χ0v) is 24.3. The van der Waals surface area contributed by atoms with Crippen LogP contribution in [0.1, 0.15) is 66.8 Å². The lowest BCUT2D eigenvalue weighted by Crippen LogP contribution is -2.54. The van der Waals surface area contributed by atoms with Gasteiger partial charge in [-0.25, -0.2) is 15.0 Å². The highest BCUT2D eigenvalue weighted by atomic mass is 19.3. The summed E-state index contributed by atoms with van der Waals surface area (Å²) < 4.78 is 34.1. The number of carbonyl (C=O) groups is 2. The number of ether oxygens (including phenoxy) is 1. The number of benzene rings is 2. The number of carbonyl (C=O) groups excluding carboxylic acids is 2. The van der Waals surface area contributed by atoms with Crippen molar-refractivity contribution in [3.05, 3.63) is 71.6 Å². The van der Waals surface area contributed by atoms with Gasteiger partial charge in [-0.2, -0.15) is 8.78 Å². The number of nitrogens with one attached hydrogen (secondary N) is 1. The Kier molecular flexibility index (Phi) is 6.43. The molecule has 2 atom stereocenters. The molecule has 0 radical (unpaired) electrons. The van der Waals surface area contributed by atoms with E-state index in [-0.39, 0.29) is 23.6 Å². The summed E-state index contributed by atoms with van der Waals surface area (Å²) >= 11 is 0. The van der Waals surface area contributed by atoms with Crippen molar-refractivity contribution in [3.63, 3.8) is 0 Å². The summed E-state index contributed by atoms with van der Waals surface area (Å²) in [5.41, 5.74) is 3.19. The van der Waals surface area contributed by atoms with Gasteiger partial charge in [-0.05, 0) is 48.9 Å². The maximum Gasteiger partial charge on any atom is 0.387 e. The van der Waals surface area contributed by atoms with Crippen molar-refractivity contribution in [2.24, 2.45) is 0 Å². The van der Waals surface area contributed by atoms with E-state index in [1.807, 2.05) is 60.5 Å². The van der Waals surface area contributed by atoms with E-state index in [0.29, 0.717) is 29.2 Å². The molecule has 0 aliphatic carbocycles. The van der Waals surface area contributed by atoms with Gasteiger partial charge >= 0.3 is 6.61 Å². The lowest BCUT2D eigenvalue weighted by Gasteiger charge is -2.40. The first-order valence-corrected chi connectivity index (χ1v) is 13.8. The molecule has 0 unspecified atom stereocenters. The summed E-state index contributed by atoms with van der Waals surface area (Å²) in [6.07, 6.45) is 3.90. The molecule has 0 saturated heterocycles. The molecule has 1 N–H and O–H groups in total. The number of amides is 2. The van der Waals surface area contributed by atoms with E-state index >= 15 is 0 Å². The third-order valence-corrected chi connectivity index (χ3v) is 7.90. The fourth-order valence-electron chi connectivity index (χ4n) is 6.36. The topological polar surface area (TPSA) is 102 Å². The molecule has 2 bridgehead atoms. The van der Waals surface area contributed by atoms with Gasteiger partial charge < -0.3 is 19.5 Å². The summed E-state index contributed by atoms with van der Waals surface area (Å²) in [5.74, 6) is 0.767. The SMILES string of the molecule is BC(B)(B)N1C(=O)c2cccc(OC(F)F)c2[C@H]2C[C@@H]1c1nc3ccc(-c4cnc(C(C)(C)NC(C)=O)nc4)cc3n12. The van der Waals surface area contributed by atoms with E-state index in [4.69, 9.17) is 9.72 Å². The van der Waals surface area contributed by atoms with Crippen molar-refractivity contribution in [2.45, 2.75) is 56.7 Å². The highest BCUT2D eigenvalue weighted by molar-refractivity contribution is 6.60. The van der Waals surface area contributed by atoms with Gasteiger partial charge in [-0.15, -0.1) is 0 Å². The monoisotopic (exact) mass is 568 g/mol. The van der Waals surface area contributed by atoms with Crippen LogP contribution in [0.2, 0.25) is 0 Å². The quantitative estimate of drug-likeness (QED) is 0.354. The Morgan fingerprint density at radius 1 is 1.10 bits per heavy atom. The van der Waals surface area contributed by atoms with Crippen LogP contribution >= 0.6 is 0 Å². The van der Waals surface area contributed by atoms with Crippen LogP contribution in [0, 0.1) is 0 Å². The minimum atomic E-state index is -3.03. The van der Waals surface area contributed by atoms with Gasteiger partial charge in [0, 0.05) is 42.4 Å². The highest BCUT2D eigenvalue weighted by Crippen LogP contribution is 2.51. The minimum absolute atomic E-state index is 0.00742. The van der Waals surface area contributed by atoms with Crippen LogP contribution in [0.15, 0.2) is 48.8 Å². The maximum atomic E-state index is 13.9. The molecular formula is C28H29B3F2N6O3. The Labute approximate surface area is 244 Å². The second-order valence-corrected chi connectivity index (χ2v) is 12.4. The molecule has 0 spiro atoms. The minimum Gasteiger partial charge on any atom is -0.434 e. The van der Waals surface area contributed by atoms with E-state index in [1.165, 1.54) is 13.0 Å². The Morgan fingerprint density at radius 2 is 1.81 bits per heavy atom. The van der Waals surface area contributed by atoms with Crippen molar-refractivity contribution in [3.8, 4) is 16.9 Å². The zero-order valence-electron chi connectivity index (χ0n) is 24.3. The number of alkyl halides is 2. The van der Waals surface area contributed by atoms with Crippen molar-refractivity contribution < 1.29 is 23.1 Å². The summed E-state index contributed by atoms with van der Waals surface area (Å²) in [6, 6.07) is 9.77. The summed E-state index contributed by atoms with van der Waals surface area (Å²) in [6.45, 7) is 2.08. The first kappa shape index (κ1) is 27.9. The molecule has 2 amide bonds. The van der Waals surface area contributed by atoms with Crippen molar-refractivity contribution in [1.82, 2.24) is 29.7 Å². The molecule has 4 aromatic rings. The van der Waals surface area contributed by atoms with Crippen LogP contribution in [0.3, 0.4) is 0 Å². The summed E-state index contributed by atoms with van der Waals surface area (Å²) in [4.78, 5) is 41.4. The van der Waals surface area contributed by atoms with Crippen molar-refractivity contribution in [1.29, 1.82) is 0 Å². The number of aromatic nitrogens is 4. The van der Waals surface area contributed by atoms with Gasteiger partial charge in [0.25, 0.3) is 5.91 Å². The lowest BCUT2D eigenvalue weighted by atomic mass is 9.48. The summed E-state index contributed by atoms with van der Waals surface area (Å²) in [7, 11) is 5.89. The van der Waals surface area contributed by atoms with E-state index in [2.05, 4.69) is 19.9 Å². The van der Waals surface area contributed by atoms with E-state index < -0.39 is 23.4 Å². The van der Waals surface area contributed by atoms with Gasteiger partial charge in [0.2, 0.25) is 5.91 Å². The van der Waals surface area contributed by atoms with Crippen LogP contribution in [-0.4, -0.2) is 71.6 Å². The van der Waals surface area contributed by atoms with E-state index in [9.17, 15) is 18.4 Å². The zero-order chi connectivity index (χ0) is 30.1. The van der Waals surface area contributed by atoms with Crippen LogP contribution in [0.25, 0.3) is 22.2 Å². The molecular weight excluding hydrogens is 539 g/mol. The van der Waals surface area contributed by atoms with E-state index in [1.54, 1.807) is 24.5 Å². The van der Waals surface area contributed by atoms with Crippen LogP contribution in [0.5, 0.6) is 5.75 Å². The van der Waals surface area contributed by atoms with Crippen LogP contribution < -0.4 is 10.1 Å². The summed E-state index contributed by atoms with van der Waals surface area (Å²) in [5, 5.41) is 2.29. The van der Waals surface area contributed by atoms with Crippen molar-refractivity contribution in [2.75, 3.05) is 0 Å². The highest BCUT2D eigenvalue weighted by Gasteiger charge is 2.48. The number of hydrogen-bond donors (Lipinski definition) is 1. The molecule has 6 rings (SSSR count). The Hall–Kier alpha value is -4.22. The molecule has 2 aromatic carbocycles. The fourth-order valence-corrected chi connectivity index (χ4v) is 6.36. The molecule has 0 saturated carbocycles. The molecule has 42 heavy (non-hydrogen) atoms. The molecule has 2 aromatic heterocycles. The van der Waals surface area contributed by atoms with E-state index in [0.717, 1.165) is 22.2 Å². The largest absolute Gasteiger partial charge is 0.434 e. The third-order valence-electron chi connectivity index (χ3n) is 7.90. The fraction of sp³-hybridized carbons (Fsp3) is 0.321. The van der Waals surface area contributed by atoms with Gasteiger partial charge in [-0.3, -0.25) is 9.59 Å². The molecule has 9 nitrogen and oxygen atoms in total. The Morgan fingerprint density at radius 3 is 2.45 bits per heavy atom. The Balaban J connectivity index is 1.50. The van der Waals surface area contributed by atoms with Gasteiger partial charge in [-0.1, -0.05) is 12.1 Å². The van der Waals surface area contributed by atoms with Crippen molar-refractivity contribution >= 4 is 46.4 Å². The van der Waals surface area contributed by atoms with Crippen LogP contribution in [0.4, 0.5) is 8.78 Å². The molecule has 14 heteroatoms. The predicted octanol–water partition coefficient (Wildman–Crippen LogP) is 1.47. The number of nitrogens with zero attached hydrogens (tertiary/aromatic N) is 5. The second kappa shape index (κ2) is 9.67. The normalized spacial score (nSPS) is 18.1. The smallest absolute Gasteiger partial charge is 0.387 e. The molecule has 4 heterocycles. The average molecular weight is 568 g/mol. The first-order chi connectivity index (χ1) is 19.8. The average Bonchev–Trinajstić information content (AvgIpc) is 3.40. The maximum absolute atomic E-state index is 13.9. The number of imidazole rings is 1. The molecule has 2 aliphatic heterocycles. The number of rotatable bonds is 6. The molecule has 212 valence electrons. The van der Waals surface area contributed by atoms with Gasteiger partial charge in [0.15, 0.2) is 5.82 Å². The standard InChI is InChI=1S/C28H29B3F2N6O3/c1-13(40)37-27(2,3)25-34-11-15(12-35-25)14-7-8-17-18(9-14)38-19-10-20(23(38)36-17)39(28(29,30)31)24(41)16-5-4-6-21(22(16)19)42-26(32)33/h4-9,11-12,19-20,26H,10,29-31H2,1-3H3,(H,37,40)/t19-,20-/m1/s1. The second-order valence-electron chi connectivity index (χ2n) is 12.4. The van der Waals surface area contributed by atoms with Gasteiger partial charge in [0.1, 0.15) is 35.1 Å². The molecule has 2 aliphatic rings. The third kappa shape index (κ3) is 4.53. The predicted molar refractivity (Wildman–Crippen MR) is 161 cm³/mol. The lowest BCUT2D eigenvalue weighted by molar-refractivity contribution is -0.120. The number of fused-ring (bicyclic) bond motifs is 9.